The summed E-state index contributed by atoms with van der Waals surface area (Å²) in [6.45, 7) is 2.89. The van der Waals surface area contributed by atoms with Crippen molar-refractivity contribution in [3.05, 3.63) is 35.4 Å². The zero-order chi connectivity index (χ0) is 13.5. The summed E-state index contributed by atoms with van der Waals surface area (Å²) in [7, 11) is 1.78. The summed E-state index contributed by atoms with van der Waals surface area (Å²) in [5.74, 6) is -0.0299. The van der Waals surface area contributed by atoms with Gasteiger partial charge in [-0.1, -0.05) is 19.1 Å². The summed E-state index contributed by atoms with van der Waals surface area (Å²) in [4.78, 5) is 13.7. The Kier molecular flexibility index (Phi) is 5.34. The van der Waals surface area contributed by atoms with E-state index >= 15 is 0 Å². The van der Waals surface area contributed by atoms with Crippen LogP contribution in [-0.4, -0.2) is 24.4 Å². The number of amides is 1. The number of nitrogens with zero attached hydrogens (tertiary/aromatic N) is 2. The first kappa shape index (κ1) is 14.2. The highest BCUT2D eigenvalue weighted by molar-refractivity contribution is 5.78. The second-order valence-corrected chi connectivity index (χ2v) is 4.34. The molecule has 1 rings (SSSR count). The van der Waals surface area contributed by atoms with Crippen LogP contribution < -0.4 is 5.73 Å². The number of nitriles is 1. The van der Waals surface area contributed by atoms with E-state index in [1.807, 2.05) is 19.1 Å². The van der Waals surface area contributed by atoms with E-state index in [1.54, 1.807) is 24.1 Å². The monoisotopic (exact) mass is 245 g/mol. The second-order valence-electron chi connectivity index (χ2n) is 4.34. The fraction of sp³-hybridized carbons (Fsp3) is 0.429. The van der Waals surface area contributed by atoms with Gasteiger partial charge in [-0.25, -0.2) is 0 Å². The highest BCUT2D eigenvalue weighted by atomic mass is 16.2. The fourth-order valence-corrected chi connectivity index (χ4v) is 1.79. The molecular weight excluding hydrogens is 226 g/mol. The van der Waals surface area contributed by atoms with Crippen molar-refractivity contribution in [1.82, 2.24) is 4.90 Å². The zero-order valence-electron chi connectivity index (χ0n) is 10.9. The van der Waals surface area contributed by atoms with Crippen LogP contribution in [0.4, 0.5) is 0 Å². The first-order chi connectivity index (χ1) is 8.62. The van der Waals surface area contributed by atoms with Gasteiger partial charge in [-0.3, -0.25) is 4.79 Å². The van der Waals surface area contributed by atoms with Crippen LogP contribution in [0.15, 0.2) is 24.3 Å². The Balaban J connectivity index is 2.66. The molecule has 1 aromatic carbocycles. The molecule has 1 atom stereocenters. The Labute approximate surface area is 108 Å². The van der Waals surface area contributed by atoms with Crippen LogP contribution in [0, 0.1) is 17.2 Å². The standard InChI is InChI=1S/C14H19N3O/c1-3-13(9-16)14(18)17(2)10-12-6-4-11(8-15)5-7-12/h4-7,13H,3,9-10,16H2,1-2H3. The van der Waals surface area contributed by atoms with Crippen molar-refractivity contribution in [2.24, 2.45) is 11.7 Å². The van der Waals surface area contributed by atoms with Crippen molar-refractivity contribution in [2.75, 3.05) is 13.6 Å². The minimum Gasteiger partial charge on any atom is -0.341 e. The number of carbonyl (C=O) groups is 1. The fourth-order valence-electron chi connectivity index (χ4n) is 1.79. The third-order valence-electron chi connectivity index (χ3n) is 3.01. The molecule has 0 saturated carbocycles. The number of hydrogen-bond donors (Lipinski definition) is 1. The molecule has 1 unspecified atom stereocenters. The second kappa shape index (κ2) is 6.77. The first-order valence-corrected chi connectivity index (χ1v) is 6.06. The Bertz CT molecular complexity index is 429. The van der Waals surface area contributed by atoms with Gasteiger partial charge in [0.25, 0.3) is 0 Å². The molecule has 18 heavy (non-hydrogen) atoms. The van der Waals surface area contributed by atoms with Gasteiger partial charge in [0.05, 0.1) is 17.6 Å². The van der Waals surface area contributed by atoms with Gasteiger partial charge >= 0.3 is 0 Å². The molecule has 0 aliphatic rings. The van der Waals surface area contributed by atoms with Crippen molar-refractivity contribution in [3.8, 4) is 6.07 Å². The summed E-state index contributed by atoms with van der Waals surface area (Å²) in [6.07, 6.45) is 0.757. The Morgan fingerprint density at radius 3 is 2.50 bits per heavy atom. The van der Waals surface area contributed by atoms with Gasteiger partial charge in [0, 0.05) is 20.1 Å². The number of benzene rings is 1. The van der Waals surface area contributed by atoms with Crippen LogP contribution in [0.25, 0.3) is 0 Å². The average molecular weight is 245 g/mol. The molecular formula is C14H19N3O. The van der Waals surface area contributed by atoms with E-state index in [0.29, 0.717) is 18.7 Å². The molecule has 0 spiro atoms. The third kappa shape index (κ3) is 3.57. The average Bonchev–Trinajstić information content (AvgIpc) is 2.40. The van der Waals surface area contributed by atoms with E-state index in [0.717, 1.165) is 12.0 Å². The Hall–Kier alpha value is -1.86. The molecule has 0 aromatic heterocycles. The lowest BCUT2D eigenvalue weighted by molar-refractivity contribution is -0.134. The van der Waals surface area contributed by atoms with E-state index in [-0.39, 0.29) is 11.8 Å². The highest BCUT2D eigenvalue weighted by Crippen LogP contribution is 2.10. The minimum absolute atomic E-state index is 0.0735. The maximum Gasteiger partial charge on any atom is 0.226 e. The molecule has 0 fully saturated rings. The molecule has 0 saturated heterocycles. The van der Waals surface area contributed by atoms with E-state index in [1.165, 1.54) is 0 Å². The summed E-state index contributed by atoms with van der Waals surface area (Å²) in [5, 5.41) is 8.71. The largest absolute Gasteiger partial charge is 0.341 e. The van der Waals surface area contributed by atoms with E-state index in [2.05, 4.69) is 6.07 Å². The molecule has 0 aliphatic heterocycles. The van der Waals surface area contributed by atoms with Crippen molar-refractivity contribution in [1.29, 1.82) is 5.26 Å². The van der Waals surface area contributed by atoms with Gasteiger partial charge in [-0.05, 0) is 24.1 Å². The number of nitrogens with two attached hydrogens (primary N) is 1. The summed E-state index contributed by atoms with van der Waals surface area (Å²) in [6, 6.07) is 9.32. The van der Waals surface area contributed by atoms with Crippen LogP contribution in [0.2, 0.25) is 0 Å². The normalized spacial score (nSPS) is 11.7. The lowest BCUT2D eigenvalue weighted by Crippen LogP contribution is -2.35. The van der Waals surface area contributed by atoms with Crippen molar-refractivity contribution in [3.63, 3.8) is 0 Å². The molecule has 1 amide bonds. The molecule has 0 aliphatic carbocycles. The molecule has 4 nitrogen and oxygen atoms in total. The SMILES string of the molecule is CCC(CN)C(=O)N(C)Cc1ccc(C#N)cc1. The van der Waals surface area contributed by atoms with Gasteiger partial charge < -0.3 is 10.6 Å². The summed E-state index contributed by atoms with van der Waals surface area (Å²) in [5.41, 5.74) is 7.21. The molecule has 0 heterocycles. The summed E-state index contributed by atoms with van der Waals surface area (Å²) < 4.78 is 0. The molecule has 4 heteroatoms. The van der Waals surface area contributed by atoms with Gasteiger partial charge in [0.15, 0.2) is 0 Å². The molecule has 0 radical (unpaired) electrons. The van der Waals surface area contributed by atoms with Gasteiger partial charge in [-0.15, -0.1) is 0 Å². The highest BCUT2D eigenvalue weighted by Gasteiger charge is 2.18. The first-order valence-electron chi connectivity index (χ1n) is 6.06. The Morgan fingerprint density at radius 2 is 2.06 bits per heavy atom. The topological polar surface area (TPSA) is 70.1 Å². The maximum absolute atomic E-state index is 12.0. The maximum atomic E-state index is 12.0. The van der Waals surface area contributed by atoms with Crippen LogP contribution in [0.1, 0.15) is 24.5 Å². The van der Waals surface area contributed by atoms with Crippen LogP contribution in [0.3, 0.4) is 0 Å². The van der Waals surface area contributed by atoms with Gasteiger partial charge in [0.1, 0.15) is 0 Å². The lowest BCUT2D eigenvalue weighted by Gasteiger charge is -2.22. The van der Waals surface area contributed by atoms with Crippen molar-refractivity contribution < 1.29 is 4.79 Å². The molecule has 96 valence electrons. The smallest absolute Gasteiger partial charge is 0.226 e. The van der Waals surface area contributed by atoms with E-state index in [4.69, 9.17) is 11.0 Å². The van der Waals surface area contributed by atoms with E-state index in [9.17, 15) is 4.79 Å². The van der Waals surface area contributed by atoms with Crippen molar-refractivity contribution >= 4 is 5.91 Å². The zero-order valence-corrected chi connectivity index (χ0v) is 10.9. The molecule has 2 N–H and O–H groups in total. The minimum atomic E-state index is -0.103. The van der Waals surface area contributed by atoms with Crippen LogP contribution in [0.5, 0.6) is 0 Å². The van der Waals surface area contributed by atoms with E-state index < -0.39 is 0 Å². The van der Waals surface area contributed by atoms with Gasteiger partial charge in [-0.2, -0.15) is 5.26 Å². The van der Waals surface area contributed by atoms with Gasteiger partial charge in [0.2, 0.25) is 5.91 Å². The van der Waals surface area contributed by atoms with Crippen molar-refractivity contribution in [2.45, 2.75) is 19.9 Å². The number of rotatable bonds is 5. The van der Waals surface area contributed by atoms with Crippen LogP contribution >= 0.6 is 0 Å². The molecule has 1 aromatic rings. The Morgan fingerprint density at radius 1 is 1.44 bits per heavy atom. The third-order valence-corrected chi connectivity index (χ3v) is 3.01. The predicted molar refractivity (Wildman–Crippen MR) is 70.5 cm³/mol. The lowest BCUT2D eigenvalue weighted by atomic mass is 10.0. The summed E-state index contributed by atoms with van der Waals surface area (Å²) >= 11 is 0. The molecule has 0 bridgehead atoms. The van der Waals surface area contributed by atoms with Crippen LogP contribution in [-0.2, 0) is 11.3 Å². The number of hydrogen-bond acceptors (Lipinski definition) is 3. The predicted octanol–water partition coefficient (Wildman–Crippen LogP) is 1.50. The number of carbonyl (C=O) groups excluding carboxylic acids is 1. The quantitative estimate of drug-likeness (QED) is 0.854.